The van der Waals surface area contributed by atoms with Gasteiger partial charge in [0.05, 0.1) is 5.25 Å². The summed E-state index contributed by atoms with van der Waals surface area (Å²) in [7, 11) is 0. The second-order valence-electron chi connectivity index (χ2n) is 17.7. The number of thiol groups is 1. The highest BCUT2D eigenvalue weighted by atomic mass is 32.2. The molecule has 0 amide bonds. The van der Waals surface area contributed by atoms with Crippen molar-refractivity contribution in [2.75, 3.05) is 0 Å². The van der Waals surface area contributed by atoms with Gasteiger partial charge in [-0.2, -0.15) is 12.6 Å². The zero-order chi connectivity index (χ0) is 40.5. The summed E-state index contributed by atoms with van der Waals surface area (Å²) >= 11 is 7.02. The first kappa shape index (κ1) is 39.9. The van der Waals surface area contributed by atoms with Gasteiger partial charge in [0.25, 0.3) is 0 Å². The molecule has 0 saturated heterocycles. The average molecular weight is 807 g/mol. The first-order valence-corrected chi connectivity index (χ1v) is 23.3. The lowest BCUT2D eigenvalue weighted by Crippen LogP contribution is -2.13. The van der Waals surface area contributed by atoms with Gasteiger partial charge in [-0.15, -0.1) is 11.8 Å². The van der Waals surface area contributed by atoms with Crippen molar-refractivity contribution < 1.29 is 0 Å². The van der Waals surface area contributed by atoms with Crippen molar-refractivity contribution in [3.63, 3.8) is 0 Å². The summed E-state index contributed by atoms with van der Waals surface area (Å²) < 4.78 is 0.119. The van der Waals surface area contributed by atoms with Crippen molar-refractivity contribution >= 4 is 35.5 Å². The Morgan fingerprint density at radius 2 is 1.73 bits per heavy atom. The van der Waals surface area contributed by atoms with E-state index in [-0.39, 0.29) is 4.75 Å². The Hall–Kier alpha value is -4.50. The highest BCUT2D eigenvalue weighted by molar-refractivity contribution is 8.01. The van der Waals surface area contributed by atoms with Gasteiger partial charge < -0.3 is 0 Å². The lowest BCUT2D eigenvalue weighted by molar-refractivity contribution is 0.684. The monoisotopic (exact) mass is 806 g/mol. The molecule has 0 spiro atoms. The Balaban J connectivity index is 0.849. The predicted octanol–water partition coefficient (Wildman–Crippen LogP) is 15.8. The van der Waals surface area contributed by atoms with Gasteiger partial charge >= 0.3 is 0 Å². The summed E-state index contributed by atoms with van der Waals surface area (Å²) in [4.78, 5) is 1.41. The minimum Gasteiger partial charge on any atom is -0.172 e. The van der Waals surface area contributed by atoms with E-state index in [0.717, 1.165) is 38.5 Å². The quantitative estimate of drug-likeness (QED) is 0.114. The van der Waals surface area contributed by atoms with E-state index in [4.69, 9.17) is 12.6 Å². The standard InChI is InChI=1S/C57H58S2/c1-5-13-51-37-57(51,58)36-41-15-9-16-43(32-41)48-27-29-53(40(4)31-48)50-22-12-20-47(35-50)45-18-10-17-44(33-45)46-19-11-21-49(34-46)52-28-26-42(30-39(52)3)38(2)14-8-25-56-54-23-6-7-24-55(54)59-56/h5-16,18-20,22-26,28,30-34,44,49-51,56,58H,17,21,27,29,35-37H2,1-4H3/b13-5-,25-8-,38-14+/t44-,49?,50?,51?,56?,57?/m0/s1. The highest BCUT2D eigenvalue weighted by Crippen LogP contribution is 2.53. The molecule has 1 aliphatic heterocycles. The molecule has 1 fully saturated rings. The first-order valence-electron chi connectivity index (χ1n) is 22.0. The lowest BCUT2D eigenvalue weighted by Gasteiger charge is -2.29. The number of thioether (sulfide) groups is 1. The molecule has 0 N–H and O–H groups in total. The third kappa shape index (κ3) is 8.73. The van der Waals surface area contributed by atoms with Gasteiger partial charge in [0, 0.05) is 27.4 Å². The van der Waals surface area contributed by atoms with Gasteiger partial charge in [-0.1, -0.05) is 163 Å². The van der Waals surface area contributed by atoms with Crippen molar-refractivity contribution in [1.29, 1.82) is 0 Å². The Morgan fingerprint density at radius 1 is 0.864 bits per heavy atom. The van der Waals surface area contributed by atoms with Crippen LogP contribution in [0.5, 0.6) is 0 Å². The zero-order valence-corrected chi connectivity index (χ0v) is 36.9. The number of hydrogen-bond donors (Lipinski definition) is 1. The summed E-state index contributed by atoms with van der Waals surface area (Å²) in [6.45, 7) is 8.98. The minimum atomic E-state index is 0.119. The lowest BCUT2D eigenvalue weighted by atomic mass is 9.76. The Labute approximate surface area is 363 Å². The summed E-state index contributed by atoms with van der Waals surface area (Å²) in [5.74, 6) is 1.86. The number of benzene rings is 3. The average Bonchev–Trinajstić information content (AvgIpc) is 3.89. The minimum absolute atomic E-state index is 0.119. The molecule has 1 heterocycles. The smallest absolute Gasteiger partial charge is 0.0538 e. The van der Waals surface area contributed by atoms with E-state index in [0.29, 0.717) is 28.9 Å². The summed E-state index contributed by atoms with van der Waals surface area (Å²) in [5.41, 5.74) is 18.5. The third-order valence-corrected chi connectivity index (χ3v) is 15.6. The molecule has 3 aromatic rings. The zero-order valence-electron chi connectivity index (χ0n) is 35.2. The summed E-state index contributed by atoms with van der Waals surface area (Å²) in [6.07, 6.45) is 43.3. The molecular weight excluding hydrogens is 749 g/mol. The van der Waals surface area contributed by atoms with Crippen molar-refractivity contribution in [1.82, 2.24) is 0 Å². The molecule has 9 rings (SSSR count). The SMILES string of the molecule is C/C=C\C1CC1(S)Cc1cccc(C2=CC(C)=C(C3C=CC=C(C4=C[C@@H](C5=CC(c6ccc(/C(C)=C/C=C\C7Sc8ccccc87)cc6C)CC=C5)CC=C4)C3)CC2)c1. The first-order chi connectivity index (χ1) is 28.7. The predicted molar refractivity (Wildman–Crippen MR) is 259 cm³/mol. The maximum atomic E-state index is 5.08. The van der Waals surface area contributed by atoms with Crippen LogP contribution in [0, 0.1) is 24.7 Å². The molecule has 59 heavy (non-hydrogen) atoms. The van der Waals surface area contributed by atoms with E-state index in [1.165, 1.54) is 78.1 Å². The molecule has 0 aromatic heterocycles. The highest BCUT2D eigenvalue weighted by Gasteiger charge is 2.49. The molecular formula is C57H58S2. The molecule has 5 unspecified atom stereocenters. The van der Waals surface area contributed by atoms with Crippen LogP contribution < -0.4 is 0 Å². The largest absolute Gasteiger partial charge is 0.172 e. The summed E-state index contributed by atoms with van der Waals surface area (Å²) in [6, 6.07) is 25.1. The molecule has 0 nitrogen and oxygen atoms in total. The van der Waals surface area contributed by atoms with Crippen LogP contribution in [0.2, 0.25) is 0 Å². The van der Waals surface area contributed by atoms with Gasteiger partial charge in [-0.05, 0) is 146 Å². The molecule has 6 atom stereocenters. The maximum absolute atomic E-state index is 5.08. The molecule has 3 aromatic carbocycles. The van der Waals surface area contributed by atoms with Gasteiger partial charge in [0.1, 0.15) is 0 Å². The van der Waals surface area contributed by atoms with Crippen molar-refractivity contribution in [2.45, 2.75) is 93.5 Å². The van der Waals surface area contributed by atoms with Gasteiger partial charge in [-0.25, -0.2) is 0 Å². The van der Waals surface area contributed by atoms with Crippen LogP contribution >= 0.6 is 24.4 Å². The topological polar surface area (TPSA) is 0 Å². The van der Waals surface area contributed by atoms with E-state index in [1.807, 2.05) is 11.8 Å². The summed E-state index contributed by atoms with van der Waals surface area (Å²) in [5, 5.41) is 0.471. The Kier molecular flexibility index (Phi) is 11.7. The van der Waals surface area contributed by atoms with Crippen molar-refractivity contribution in [2.24, 2.45) is 17.8 Å². The fourth-order valence-electron chi connectivity index (χ4n) is 10.1. The molecule has 2 heteroatoms. The molecule has 6 aliphatic rings. The van der Waals surface area contributed by atoms with Crippen LogP contribution in [0.4, 0.5) is 0 Å². The molecule has 0 radical (unpaired) electrons. The van der Waals surface area contributed by atoms with Gasteiger partial charge in [0.2, 0.25) is 0 Å². The van der Waals surface area contributed by atoms with E-state index in [9.17, 15) is 0 Å². The van der Waals surface area contributed by atoms with E-state index in [2.05, 4.69) is 186 Å². The Morgan fingerprint density at radius 3 is 2.58 bits per heavy atom. The van der Waals surface area contributed by atoms with Crippen molar-refractivity contribution in [3.8, 4) is 0 Å². The van der Waals surface area contributed by atoms with Crippen LogP contribution in [-0.2, 0) is 6.42 Å². The molecule has 1 saturated carbocycles. The van der Waals surface area contributed by atoms with Crippen LogP contribution in [0.3, 0.4) is 0 Å². The van der Waals surface area contributed by atoms with E-state index >= 15 is 0 Å². The van der Waals surface area contributed by atoms with Crippen LogP contribution in [0.15, 0.2) is 191 Å². The fourth-order valence-corrected chi connectivity index (χ4v) is 11.7. The van der Waals surface area contributed by atoms with Gasteiger partial charge in [-0.3, -0.25) is 0 Å². The number of allylic oxidation sites excluding steroid dienone is 21. The van der Waals surface area contributed by atoms with E-state index in [1.54, 1.807) is 5.57 Å². The van der Waals surface area contributed by atoms with Crippen LogP contribution in [-0.4, -0.2) is 4.75 Å². The second kappa shape index (κ2) is 17.2. The second-order valence-corrected chi connectivity index (χ2v) is 19.8. The maximum Gasteiger partial charge on any atom is 0.0538 e. The van der Waals surface area contributed by atoms with Crippen LogP contribution in [0.25, 0.3) is 11.1 Å². The Bertz CT molecular complexity index is 2480. The number of hydrogen-bond acceptors (Lipinski definition) is 2. The van der Waals surface area contributed by atoms with Crippen LogP contribution in [0.1, 0.15) is 104 Å². The fraction of sp³-hybridized carbons (Fsp3) is 0.298. The van der Waals surface area contributed by atoms with E-state index < -0.39 is 0 Å². The molecule has 0 bridgehead atoms. The molecule has 5 aliphatic carbocycles. The molecule has 298 valence electrons. The number of aryl methyl sites for hydroxylation is 1. The third-order valence-electron chi connectivity index (χ3n) is 13.6. The normalized spacial score (nSPS) is 27.7. The van der Waals surface area contributed by atoms with Crippen molar-refractivity contribution in [3.05, 3.63) is 219 Å². The number of fused-ring (bicyclic) bond motifs is 1. The van der Waals surface area contributed by atoms with Gasteiger partial charge in [0.15, 0.2) is 0 Å². The number of rotatable bonds is 11.